The van der Waals surface area contributed by atoms with E-state index in [1.54, 1.807) is 12.5 Å². The minimum absolute atomic E-state index is 0.162. The molecule has 2 atom stereocenters. The van der Waals surface area contributed by atoms with Crippen molar-refractivity contribution in [1.82, 2.24) is 9.97 Å². The fourth-order valence-electron chi connectivity index (χ4n) is 1.44. The predicted octanol–water partition coefficient (Wildman–Crippen LogP) is 2.52. The molecule has 0 fully saturated rings. The molecule has 1 aromatic heterocycles. The first-order valence-electron chi connectivity index (χ1n) is 6.36. The smallest absolute Gasteiger partial charge is 0.224 e. The summed E-state index contributed by atoms with van der Waals surface area (Å²) in [5.41, 5.74) is 0. The van der Waals surface area contributed by atoms with Crippen LogP contribution in [0.15, 0.2) is 6.20 Å². The molecule has 0 amide bonds. The summed E-state index contributed by atoms with van der Waals surface area (Å²) < 4.78 is 11.1. The third kappa shape index (κ3) is 6.20. The van der Waals surface area contributed by atoms with Crippen LogP contribution in [0.5, 0.6) is 0 Å². The monoisotopic (exact) mass is 304 g/mol. The first-order chi connectivity index (χ1) is 9.02. The highest BCUT2D eigenvalue weighted by Crippen LogP contribution is 2.20. The van der Waals surface area contributed by atoms with E-state index in [0.717, 1.165) is 19.4 Å². The maximum atomic E-state index is 11.1. The van der Waals surface area contributed by atoms with Crippen molar-refractivity contribution < 1.29 is 4.21 Å². The van der Waals surface area contributed by atoms with Crippen molar-refractivity contribution in [1.29, 1.82) is 0 Å². The lowest BCUT2D eigenvalue weighted by Gasteiger charge is -2.15. The molecule has 0 spiro atoms. The van der Waals surface area contributed by atoms with Crippen molar-refractivity contribution in [2.24, 2.45) is 0 Å². The number of nitrogens with one attached hydrogen (secondary N) is 2. The molecule has 2 unspecified atom stereocenters. The average molecular weight is 305 g/mol. The summed E-state index contributed by atoms with van der Waals surface area (Å²) in [5.74, 6) is 1.85. The second kappa shape index (κ2) is 8.32. The summed E-state index contributed by atoms with van der Waals surface area (Å²) in [6.45, 7) is 4.92. The van der Waals surface area contributed by atoms with Gasteiger partial charge in [-0.3, -0.25) is 4.21 Å². The molecule has 0 aliphatic heterocycles. The van der Waals surface area contributed by atoms with E-state index in [0.29, 0.717) is 22.5 Å². The van der Waals surface area contributed by atoms with Crippen molar-refractivity contribution >= 4 is 34.2 Å². The van der Waals surface area contributed by atoms with E-state index in [1.165, 1.54) is 0 Å². The Bertz CT molecular complexity index is 430. The minimum Gasteiger partial charge on any atom is -0.366 e. The number of hydrogen-bond acceptors (Lipinski definition) is 5. The van der Waals surface area contributed by atoms with Gasteiger partial charge >= 0.3 is 0 Å². The fourth-order valence-corrected chi connectivity index (χ4v) is 2.27. The Morgan fingerprint density at radius 1 is 1.53 bits per heavy atom. The molecule has 0 aliphatic carbocycles. The van der Waals surface area contributed by atoms with Crippen molar-refractivity contribution in [3.05, 3.63) is 11.2 Å². The summed E-state index contributed by atoms with van der Waals surface area (Å²) in [6.07, 6.45) is 5.10. The molecule has 0 aromatic carbocycles. The van der Waals surface area contributed by atoms with Crippen LogP contribution in [0.4, 0.5) is 11.8 Å². The molecule has 0 aliphatic rings. The highest BCUT2D eigenvalue weighted by Gasteiger charge is 2.09. The van der Waals surface area contributed by atoms with Crippen molar-refractivity contribution in [2.45, 2.75) is 32.7 Å². The van der Waals surface area contributed by atoms with Crippen molar-refractivity contribution in [2.75, 3.05) is 29.2 Å². The SMILES string of the molecule is CCCNc1ncc(Cl)c(NC(C)CCS(C)=O)n1. The second-order valence-electron chi connectivity index (χ2n) is 4.43. The Hall–Kier alpha value is -0.880. The van der Waals surface area contributed by atoms with Gasteiger partial charge in [0.25, 0.3) is 0 Å². The van der Waals surface area contributed by atoms with Crippen LogP contribution in [0.25, 0.3) is 0 Å². The molecule has 2 N–H and O–H groups in total. The molecule has 5 nitrogen and oxygen atoms in total. The summed E-state index contributed by atoms with van der Waals surface area (Å²) in [6, 6.07) is 0.162. The third-order valence-corrected chi connectivity index (χ3v) is 3.59. The van der Waals surface area contributed by atoms with Gasteiger partial charge in [0, 0.05) is 35.4 Å². The van der Waals surface area contributed by atoms with Crippen LogP contribution >= 0.6 is 11.6 Å². The molecule has 1 rings (SSSR count). The van der Waals surface area contributed by atoms with Gasteiger partial charge in [-0.1, -0.05) is 18.5 Å². The summed E-state index contributed by atoms with van der Waals surface area (Å²) in [4.78, 5) is 8.45. The topological polar surface area (TPSA) is 66.9 Å². The summed E-state index contributed by atoms with van der Waals surface area (Å²) in [7, 11) is -0.776. The molecule has 0 saturated heterocycles. The van der Waals surface area contributed by atoms with E-state index in [-0.39, 0.29) is 6.04 Å². The molecule has 0 radical (unpaired) electrons. The molecular formula is C12H21ClN4OS. The van der Waals surface area contributed by atoms with Crippen molar-refractivity contribution in [3.8, 4) is 0 Å². The highest BCUT2D eigenvalue weighted by atomic mass is 35.5. The number of halogens is 1. The average Bonchev–Trinajstić information content (AvgIpc) is 2.37. The van der Waals surface area contributed by atoms with E-state index in [1.807, 2.05) is 6.92 Å². The van der Waals surface area contributed by atoms with Gasteiger partial charge in [-0.2, -0.15) is 4.98 Å². The van der Waals surface area contributed by atoms with E-state index < -0.39 is 10.8 Å². The van der Waals surface area contributed by atoms with Crippen LogP contribution in [0.2, 0.25) is 5.02 Å². The lowest BCUT2D eigenvalue weighted by Crippen LogP contribution is -2.19. The summed E-state index contributed by atoms with van der Waals surface area (Å²) in [5, 5.41) is 6.83. The lowest BCUT2D eigenvalue weighted by atomic mass is 10.2. The van der Waals surface area contributed by atoms with Gasteiger partial charge in [0.05, 0.1) is 6.20 Å². The Morgan fingerprint density at radius 2 is 2.26 bits per heavy atom. The summed E-state index contributed by atoms with van der Waals surface area (Å²) >= 11 is 6.06. The van der Waals surface area contributed by atoms with Gasteiger partial charge in [-0.15, -0.1) is 0 Å². The maximum Gasteiger partial charge on any atom is 0.224 e. The zero-order chi connectivity index (χ0) is 14.3. The van der Waals surface area contributed by atoms with Crippen LogP contribution in [-0.4, -0.2) is 38.8 Å². The van der Waals surface area contributed by atoms with Gasteiger partial charge < -0.3 is 10.6 Å². The van der Waals surface area contributed by atoms with Gasteiger partial charge in [0.1, 0.15) is 5.02 Å². The molecule has 108 valence electrons. The number of aromatic nitrogens is 2. The Kier molecular flexibility index (Phi) is 7.09. The number of hydrogen-bond donors (Lipinski definition) is 2. The Labute approximate surface area is 122 Å². The lowest BCUT2D eigenvalue weighted by molar-refractivity contribution is 0.678. The molecule has 0 bridgehead atoms. The molecule has 0 saturated carbocycles. The molecule has 1 heterocycles. The first-order valence-corrected chi connectivity index (χ1v) is 8.46. The number of rotatable bonds is 8. The van der Waals surface area contributed by atoms with Crippen LogP contribution in [-0.2, 0) is 10.8 Å². The maximum absolute atomic E-state index is 11.1. The third-order valence-electron chi connectivity index (χ3n) is 2.50. The van der Waals surface area contributed by atoms with Gasteiger partial charge in [0.2, 0.25) is 5.95 Å². The zero-order valence-corrected chi connectivity index (χ0v) is 13.1. The van der Waals surface area contributed by atoms with Gasteiger partial charge in [0.15, 0.2) is 5.82 Å². The molecule has 1 aromatic rings. The fraction of sp³-hybridized carbons (Fsp3) is 0.667. The van der Waals surface area contributed by atoms with Crippen LogP contribution < -0.4 is 10.6 Å². The molecule has 7 heteroatoms. The van der Waals surface area contributed by atoms with Crippen LogP contribution in [0.3, 0.4) is 0 Å². The van der Waals surface area contributed by atoms with E-state index in [4.69, 9.17) is 11.6 Å². The molecule has 19 heavy (non-hydrogen) atoms. The van der Waals surface area contributed by atoms with E-state index in [2.05, 4.69) is 27.5 Å². The Balaban J connectivity index is 2.62. The van der Waals surface area contributed by atoms with Gasteiger partial charge in [-0.05, 0) is 19.8 Å². The largest absolute Gasteiger partial charge is 0.366 e. The van der Waals surface area contributed by atoms with E-state index in [9.17, 15) is 4.21 Å². The number of anilines is 2. The van der Waals surface area contributed by atoms with Crippen LogP contribution in [0, 0.1) is 0 Å². The minimum atomic E-state index is -0.776. The zero-order valence-electron chi connectivity index (χ0n) is 11.6. The Morgan fingerprint density at radius 3 is 2.89 bits per heavy atom. The van der Waals surface area contributed by atoms with Crippen molar-refractivity contribution in [3.63, 3.8) is 0 Å². The second-order valence-corrected chi connectivity index (χ2v) is 6.39. The molecular weight excluding hydrogens is 284 g/mol. The number of nitrogens with zero attached hydrogens (tertiary/aromatic N) is 2. The highest BCUT2D eigenvalue weighted by molar-refractivity contribution is 7.84. The normalized spacial score (nSPS) is 13.9. The van der Waals surface area contributed by atoms with E-state index >= 15 is 0 Å². The van der Waals surface area contributed by atoms with Gasteiger partial charge in [-0.25, -0.2) is 4.98 Å². The quantitative estimate of drug-likeness (QED) is 0.772. The standard InChI is InChI=1S/C12H21ClN4OS/c1-4-6-14-12-15-8-10(13)11(17-12)16-9(2)5-7-19(3)18/h8-9H,4-7H2,1-3H3,(H2,14,15,16,17). The first kappa shape index (κ1) is 16.2. The predicted molar refractivity (Wildman–Crippen MR) is 82.5 cm³/mol. The van der Waals surface area contributed by atoms with Crippen LogP contribution in [0.1, 0.15) is 26.7 Å².